The van der Waals surface area contributed by atoms with E-state index >= 15 is 0 Å². The van der Waals surface area contributed by atoms with E-state index in [0.29, 0.717) is 17.7 Å². The molecule has 1 amide bonds. The maximum Gasteiger partial charge on any atom is 0.222 e. The van der Waals surface area contributed by atoms with Crippen molar-refractivity contribution in [3.8, 4) is 0 Å². The molecule has 0 aromatic carbocycles. The smallest absolute Gasteiger partial charge is 0.222 e. The van der Waals surface area contributed by atoms with Crippen molar-refractivity contribution in [2.24, 2.45) is 11.3 Å². The summed E-state index contributed by atoms with van der Waals surface area (Å²) < 4.78 is 5.24. The molecule has 1 saturated carbocycles. The maximum atomic E-state index is 12.9. The molecule has 2 saturated heterocycles. The lowest BCUT2D eigenvalue weighted by molar-refractivity contribution is -0.130. The van der Waals surface area contributed by atoms with E-state index < -0.39 is 0 Å². The molecule has 2 aliphatic heterocycles. The number of aromatic nitrogens is 1. The Morgan fingerprint density at radius 1 is 1.10 bits per heavy atom. The molecule has 1 aliphatic carbocycles. The highest BCUT2D eigenvalue weighted by atomic mass is 16.5. The number of likely N-dealkylation sites (tertiary alicyclic amines) is 2. The molecular formula is C24H39N3O2. The van der Waals surface area contributed by atoms with Crippen LogP contribution in [-0.4, -0.2) is 53.6 Å². The molecule has 0 N–H and O–H groups in total. The average molecular weight is 402 g/mol. The summed E-state index contributed by atoms with van der Waals surface area (Å²) in [5, 5.41) is 4.01. The van der Waals surface area contributed by atoms with Gasteiger partial charge in [-0.25, -0.2) is 0 Å². The monoisotopic (exact) mass is 401 g/mol. The second kappa shape index (κ2) is 9.20. The van der Waals surface area contributed by atoms with Crippen molar-refractivity contribution < 1.29 is 9.32 Å². The lowest BCUT2D eigenvalue weighted by Gasteiger charge is -2.41. The number of hydrogen-bond donors (Lipinski definition) is 0. The lowest BCUT2D eigenvalue weighted by Crippen LogP contribution is -2.45. The lowest BCUT2D eigenvalue weighted by atomic mass is 9.79. The molecule has 4 rings (SSSR count). The summed E-state index contributed by atoms with van der Waals surface area (Å²) in [4.78, 5) is 17.7. The zero-order chi connectivity index (χ0) is 20.3. The summed E-state index contributed by atoms with van der Waals surface area (Å²) >= 11 is 0. The predicted octanol–water partition coefficient (Wildman–Crippen LogP) is 4.51. The largest absolute Gasteiger partial charge is 0.361 e. The summed E-state index contributed by atoms with van der Waals surface area (Å²) in [6.07, 6.45) is 13.7. The standard InChI is InChI=1S/C24H39N3O2/c1-19-22(20(2)29-25-19)9-10-23(28)27-16-13-24(18-27)12-6-14-26(17-24)15-11-21-7-4-3-5-8-21/h21H,3-18H2,1-2H3. The molecule has 5 heteroatoms. The van der Waals surface area contributed by atoms with Gasteiger partial charge in [-0.3, -0.25) is 4.79 Å². The second-order valence-corrected chi connectivity index (χ2v) is 10.0. The van der Waals surface area contributed by atoms with Crippen molar-refractivity contribution in [1.29, 1.82) is 0 Å². The Morgan fingerprint density at radius 2 is 1.93 bits per heavy atom. The van der Waals surface area contributed by atoms with Gasteiger partial charge in [0, 0.05) is 37.0 Å². The molecule has 1 atom stereocenters. The van der Waals surface area contributed by atoms with Crippen molar-refractivity contribution >= 4 is 5.91 Å². The number of aryl methyl sites for hydroxylation is 2. The normalized spacial score (nSPS) is 26.5. The van der Waals surface area contributed by atoms with Crippen LogP contribution in [0.3, 0.4) is 0 Å². The molecule has 162 valence electrons. The van der Waals surface area contributed by atoms with Crippen molar-refractivity contribution in [3.05, 3.63) is 17.0 Å². The van der Waals surface area contributed by atoms with Gasteiger partial charge < -0.3 is 14.3 Å². The quantitative estimate of drug-likeness (QED) is 0.704. The molecule has 0 radical (unpaired) electrons. The molecule has 1 spiro atoms. The van der Waals surface area contributed by atoms with Gasteiger partial charge in [-0.15, -0.1) is 0 Å². The van der Waals surface area contributed by atoms with E-state index in [9.17, 15) is 4.79 Å². The van der Waals surface area contributed by atoms with Crippen LogP contribution in [-0.2, 0) is 11.2 Å². The van der Waals surface area contributed by atoms with Gasteiger partial charge in [0.15, 0.2) is 0 Å². The van der Waals surface area contributed by atoms with E-state index in [1.807, 2.05) is 13.8 Å². The van der Waals surface area contributed by atoms with E-state index in [1.165, 1.54) is 77.4 Å². The van der Waals surface area contributed by atoms with Crippen molar-refractivity contribution in [1.82, 2.24) is 15.0 Å². The zero-order valence-electron chi connectivity index (χ0n) is 18.5. The van der Waals surface area contributed by atoms with Gasteiger partial charge in [-0.2, -0.15) is 0 Å². The van der Waals surface area contributed by atoms with Gasteiger partial charge in [0.2, 0.25) is 5.91 Å². The Morgan fingerprint density at radius 3 is 2.69 bits per heavy atom. The third-order valence-corrected chi connectivity index (χ3v) is 7.88. The van der Waals surface area contributed by atoms with E-state index in [-0.39, 0.29) is 0 Å². The summed E-state index contributed by atoms with van der Waals surface area (Å²) in [5.41, 5.74) is 2.39. The topological polar surface area (TPSA) is 49.6 Å². The summed E-state index contributed by atoms with van der Waals surface area (Å²) in [6.45, 7) is 9.54. The minimum Gasteiger partial charge on any atom is -0.361 e. The van der Waals surface area contributed by atoms with Crippen LogP contribution in [0.25, 0.3) is 0 Å². The minimum atomic E-state index is 0.307. The molecule has 5 nitrogen and oxygen atoms in total. The fourth-order valence-corrected chi connectivity index (χ4v) is 6.07. The maximum absolute atomic E-state index is 12.9. The molecule has 1 aromatic heterocycles. The summed E-state index contributed by atoms with van der Waals surface area (Å²) in [7, 11) is 0. The molecular weight excluding hydrogens is 362 g/mol. The molecule has 0 bridgehead atoms. The third-order valence-electron chi connectivity index (χ3n) is 7.88. The van der Waals surface area contributed by atoms with Gasteiger partial charge in [-0.1, -0.05) is 37.3 Å². The van der Waals surface area contributed by atoms with Gasteiger partial charge in [0.25, 0.3) is 0 Å². The fourth-order valence-electron chi connectivity index (χ4n) is 6.07. The van der Waals surface area contributed by atoms with Gasteiger partial charge in [-0.05, 0) is 65.0 Å². The number of hydrogen-bond acceptors (Lipinski definition) is 4. The van der Waals surface area contributed by atoms with Crippen LogP contribution in [0.4, 0.5) is 0 Å². The first-order chi connectivity index (χ1) is 14.0. The second-order valence-electron chi connectivity index (χ2n) is 10.0. The average Bonchev–Trinajstić information content (AvgIpc) is 3.29. The first-order valence-electron chi connectivity index (χ1n) is 12.0. The molecule has 29 heavy (non-hydrogen) atoms. The van der Waals surface area contributed by atoms with Crippen LogP contribution >= 0.6 is 0 Å². The molecule has 3 aliphatic rings. The molecule has 3 fully saturated rings. The van der Waals surface area contributed by atoms with Gasteiger partial charge in [0.1, 0.15) is 5.76 Å². The first kappa shape index (κ1) is 20.9. The third kappa shape index (κ3) is 5.04. The SMILES string of the molecule is Cc1noc(C)c1CCC(=O)N1CCC2(CCCN(CCC3CCCCC3)C2)C1. The van der Waals surface area contributed by atoms with Crippen LogP contribution in [0.1, 0.15) is 81.2 Å². The van der Waals surface area contributed by atoms with Crippen molar-refractivity contribution in [3.63, 3.8) is 0 Å². The van der Waals surface area contributed by atoms with Crippen LogP contribution in [0.2, 0.25) is 0 Å². The highest BCUT2D eigenvalue weighted by molar-refractivity contribution is 5.77. The number of amides is 1. The fraction of sp³-hybridized carbons (Fsp3) is 0.833. The van der Waals surface area contributed by atoms with Crippen LogP contribution in [0.5, 0.6) is 0 Å². The Kier molecular flexibility index (Phi) is 6.63. The first-order valence-corrected chi connectivity index (χ1v) is 12.0. The van der Waals surface area contributed by atoms with E-state index in [4.69, 9.17) is 4.52 Å². The number of rotatable bonds is 6. The van der Waals surface area contributed by atoms with Gasteiger partial charge >= 0.3 is 0 Å². The van der Waals surface area contributed by atoms with Crippen molar-refractivity contribution in [2.45, 2.75) is 84.5 Å². The summed E-state index contributed by atoms with van der Waals surface area (Å²) in [5.74, 6) is 2.13. The zero-order valence-corrected chi connectivity index (χ0v) is 18.5. The highest BCUT2D eigenvalue weighted by Crippen LogP contribution is 2.39. The van der Waals surface area contributed by atoms with Crippen molar-refractivity contribution in [2.75, 3.05) is 32.7 Å². The van der Waals surface area contributed by atoms with Crippen LogP contribution < -0.4 is 0 Å². The van der Waals surface area contributed by atoms with Crippen LogP contribution in [0, 0.1) is 25.2 Å². The summed E-state index contributed by atoms with van der Waals surface area (Å²) in [6, 6.07) is 0. The Labute approximate surface area is 176 Å². The van der Waals surface area contributed by atoms with E-state index in [1.54, 1.807) is 0 Å². The molecule has 1 unspecified atom stereocenters. The Balaban J connectivity index is 1.25. The van der Waals surface area contributed by atoms with E-state index in [0.717, 1.165) is 42.4 Å². The highest BCUT2D eigenvalue weighted by Gasteiger charge is 2.42. The number of piperidine rings is 1. The number of carbonyl (C=O) groups excluding carboxylic acids is 1. The Bertz CT molecular complexity index is 675. The number of carbonyl (C=O) groups is 1. The number of nitrogens with zero attached hydrogens (tertiary/aromatic N) is 3. The Hall–Kier alpha value is -1.36. The molecule has 1 aromatic rings. The predicted molar refractivity (Wildman–Crippen MR) is 115 cm³/mol. The van der Waals surface area contributed by atoms with Gasteiger partial charge in [0.05, 0.1) is 5.69 Å². The minimum absolute atomic E-state index is 0.307. The van der Waals surface area contributed by atoms with E-state index in [2.05, 4.69) is 15.0 Å². The molecule has 3 heterocycles. The van der Waals surface area contributed by atoms with Crippen LogP contribution in [0.15, 0.2) is 4.52 Å².